The van der Waals surface area contributed by atoms with E-state index in [1.807, 2.05) is 4.72 Å². The first kappa shape index (κ1) is 15.0. The molecule has 0 unspecified atom stereocenters. The number of carboxylic acids is 1. The number of nitrogens with one attached hydrogen (secondary N) is 1. The third-order valence-electron chi connectivity index (χ3n) is 2.50. The van der Waals surface area contributed by atoms with Gasteiger partial charge in [-0.15, -0.1) is 0 Å². The van der Waals surface area contributed by atoms with Crippen LogP contribution in [0.2, 0.25) is 0 Å². The van der Waals surface area contributed by atoms with E-state index in [0.717, 1.165) is 18.2 Å². The molecule has 112 valence electrons. The number of aromatic nitrogens is 1. The third kappa shape index (κ3) is 3.78. The number of rotatable bonds is 5. The van der Waals surface area contributed by atoms with Crippen molar-refractivity contribution >= 4 is 21.7 Å². The predicted octanol–water partition coefficient (Wildman–Crippen LogP) is 1.76. The number of hydrogen-bond acceptors (Lipinski definition) is 5. The molecule has 0 amide bonds. The van der Waals surface area contributed by atoms with Crippen LogP contribution in [0.5, 0.6) is 0 Å². The monoisotopic (exact) mass is 314 g/mol. The van der Waals surface area contributed by atoms with E-state index >= 15 is 0 Å². The molecule has 1 heterocycles. The van der Waals surface area contributed by atoms with Gasteiger partial charge in [0, 0.05) is 6.07 Å². The van der Waals surface area contributed by atoms with Crippen molar-refractivity contribution in [2.24, 2.45) is 0 Å². The van der Waals surface area contributed by atoms with Crippen LogP contribution in [0.4, 0.5) is 10.1 Å². The van der Waals surface area contributed by atoms with Gasteiger partial charge in [-0.1, -0.05) is 5.16 Å². The summed E-state index contributed by atoms with van der Waals surface area (Å²) in [6, 6.07) is 4.33. The van der Waals surface area contributed by atoms with Crippen molar-refractivity contribution in [2.45, 2.75) is 12.7 Å². The molecule has 0 bridgehead atoms. The summed E-state index contributed by atoms with van der Waals surface area (Å²) in [5, 5.41) is 12.2. The number of carbonyl (C=O) groups is 1. The Kier molecular flexibility index (Phi) is 3.94. The van der Waals surface area contributed by atoms with Crippen LogP contribution in [0.3, 0.4) is 0 Å². The van der Waals surface area contributed by atoms with Crippen molar-refractivity contribution in [1.82, 2.24) is 5.16 Å². The predicted molar refractivity (Wildman–Crippen MR) is 70.8 cm³/mol. The van der Waals surface area contributed by atoms with Crippen LogP contribution in [0, 0.1) is 12.7 Å². The quantitative estimate of drug-likeness (QED) is 0.870. The van der Waals surface area contributed by atoms with E-state index < -0.39 is 27.6 Å². The molecule has 0 aliphatic rings. The molecule has 9 heteroatoms. The summed E-state index contributed by atoms with van der Waals surface area (Å²) in [4.78, 5) is 10.7. The fourth-order valence-corrected chi connectivity index (χ4v) is 2.71. The first-order chi connectivity index (χ1) is 9.77. The van der Waals surface area contributed by atoms with Crippen molar-refractivity contribution in [1.29, 1.82) is 0 Å². The highest BCUT2D eigenvalue weighted by molar-refractivity contribution is 7.91. The first-order valence-electron chi connectivity index (χ1n) is 5.72. The van der Waals surface area contributed by atoms with E-state index in [1.54, 1.807) is 6.92 Å². The summed E-state index contributed by atoms with van der Waals surface area (Å²) in [7, 11) is -3.89. The van der Waals surface area contributed by atoms with Gasteiger partial charge in [-0.05, 0) is 25.1 Å². The molecule has 7 nitrogen and oxygen atoms in total. The number of aromatic carboxylic acids is 1. The Balaban J connectivity index is 2.18. The molecule has 0 saturated carbocycles. The van der Waals surface area contributed by atoms with Crippen LogP contribution in [0.25, 0.3) is 0 Å². The maximum atomic E-state index is 13.7. The van der Waals surface area contributed by atoms with Crippen LogP contribution in [-0.4, -0.2) is 24.7 Å². The highest BCUT2D eigenvalue weighted by atomic mass is 32.2. The number of aryl methyl sites for hydroxylation is 1. The molecule has 0 saturated heterocycles. The molecule has 0 aliphatic heterocycles. The van der Waals surface area contributed by atoms with Crippen molar-refractivity contribution in [3.05, 3.63) is 47.1 Å². The Bertz CT molecular complexity index is 785. The lowest BCUT2D eigenvalue weighted by Crippen LogP contribution is -2.16. The van der Waals surface area contributed by atoms with Crippen molar-refractivity contribution in [2.75, 3.05) is 4.72 Å². The number of halogens is 1. The number of carboxylic acid groups (broad SMARTS) is 1. The Morgan fingerprint density at radius 2 is 2.14 bits per heavy atom. The molecule has 1 aromatic carbocycles. The maximum absolute atomic E-state index is 13.7. The smallest absolute Gasteiger partial charge is 0.335 e. The third-order valence-corrected chi connectivity index (χ3v) is 3.70. The number of anilines is 1. The second-order valence-corrected chi connectivity index (χ2v) is 6.01. The van der Waals surface area contributed by atoms with Gasteiger partial charge in [0.2, 0.25) is 10.0 Å². The molecule has 0 atom stereocenters. The second kappa shape index (κ2) is 5.52. The highest BCUT2D eigenvalue weighted by Gasteiger charge is 2.17. The number of nitrogens with zero attached hydrogens (tertiary/aromatic N) is 1. The topological polar surface area (TPSA) is 110 Å². The Morgan fingerprint density at radius 1 is 1.43 bits per heavy atom. The fourth-order valence-electron chi connectivity index (χ4n) is 1.62. The van der Waals surface area contributed by atoms with Gasteiger partial charge in [0.15, 0.2) is 0 Å². The van der Waals surface area contributed by atoms with E-state index in [0.29, 0.717) is 5.76 Å². The molecule has 21 heavy (non-hydrogen) atoms. The van der Waals surface area contributed by atoms with Gasteiger partial charge in [-0.2, -0.15) is 0 Å². The molecular formula is C12H11FN2O5S. The summed E-state index contributed by atoms with van der Waals surface area (Å²) in [5.41, 5.74) is -0.426. The molecule has 0 spiro atoms. The summed E-state index contributed by atoms with van der Waals surface area (Å²) >= 11 is 0. The van der Waals surface area contributed by atoms with Gasteiger partial charge < -0.3 is 9.63 Å². The Labute approximate surface area is 119 Å². The Hall–Kier alpha value is -2.42. The average Bonchev–Trinajstić information content (AvgIpc) is 2.76. The van der Waals surface area contributed by atoms with Gasteiger partial charge >= 0.3 is 5.97 Å². The molecule has 0 fully saturated rings. The second-order valence-electron chi connectivity index (χ2n) is 4.29. The van der Waals surface area contributed by atoms with E-state index in [1.165, 1.54) is 6.07 Å². The molecule has 2 rings (SSSR count). The molecule has 0 aliphatic carbocycles. The van der Waals surface area contributed by atoms with Crippen LogP contribution in [-0.2, 0) is 15.8 Å². The minimum absolute atomic E-state index is 0.183. The lowest BCUT2D eigenvalue weighted by molar-refractivity contribution is 0.0696. The minimum atomic E-state index is -3.89. The van der Waals surface area contributed by atoms with E-state index in [4.69, 9.17) is 9.63 Å². The molecular weight excluding hydrogens is 303 g/mol. The van der Waals surface area contributed by atoms with Crippen molar-refractivity contribution in [3.63, 3.8) is 0 Å². The molecule has 2 aromatic rings. The van der Waals surface area contributed by atoms with Gasteiger partial charge in [0.1, 0.15) is 23.0 Å². The maximum Gasteiger partial charge on any atom is 0.335 e. The van der Waals surface area contributed by atoms with Gasteiger partial charge in [0.05, 0.1) is 11.3 Å². The largest absolute Gasteiger partial charge is 0.478 e. The lowest BCUT2D eigenvalue weighted by atomic mass is 10.2. The number of sulfonamides is 1. The van der Waals surface area contributed by atoms with Crippen LogP contribution in [0.1, 0.15) is 21.8 Å². The standard InChI is InChI=1S/C12H11FN2O5S/c1-7-4-9(14-20-7)6-21(18,19)15-11-3-2-8(12(16)17)5-10(11)13/h2-5,15H,6H2,1H3,(H,16,17). The zero-order chi connectivity index (χ0) is 15.6. The van der Waals surface area contributed by atoms with Crippen LogP contribution >= 0.6 is 0 Å². The van der Waals surface area contributed by atoms with Crippen molar-refractivity contribution in [3.8, 4) is 0 Å². The molecule has 1 aromatic heterocycles. The summed E-state index contributed by atoms with van der Waals surface area (Å²) < 4.78 is 44.2. The van der Waals surface area contributed by atoms with Gasteiger partial charge in [-0.25, -0.2) is 17.6 Å². The highest BCUT2D eigenvalue weighted by Crippen LogP contribution is 2.18. The molecule has 2 N–H and O–H groups in total. The van der Waals surface area contributed by atoms with Gasteiger partial charge in [0.25, 0.3) is 0 Å². The fraction of sp³-hybridized carbons (Fsp3) is 0.167. The number of hydrogen-bond donors (Lipinski definition) is 2. The van der Waals surface area contributed by atoms with Crippen LogP contribution in [0.15, 0.2) is 28.8 Å². The van der Waals surface area contributed by atoms with E-state index in [9.17, 15) is 17.6 Å². The minimum Gasteiger partial charge on any atom is -0.478 e. The summed E-state index contributed by atoms with van der Waals surface area (Å²) in [6.45, 7) is 1.61. The molecule has 0 radical (unpaired) electrons. The SMILES string of the molecule is Cc1cc(CS(=O)(=O)Nc2ccc(C(=O)O)cc2F)no1. The van der Waals surface area contributed by atoms with Gasteiger partial charge in [-0.3, -0.25) is 4.72 Å². The van der Waals surface area contributed by atoms with E-state index in [-0.39, 0.29) is 16.9 Å². The Morgan fingerprint density at radius 3 is 2.67 bits per heavy atom. The summed E-state index contributed by atoms with van der Waals surface area (Å²) in [5.74, 6) is -2.31. The normalized spacial score (nSPS) is 11.3. The van der Waals surface area contributed by atoms with Crippen molar-refractivity contribution < 1.29 is 27.2 Å². The van der Waals surface area contributed by atoms with E-state index in [2.05, 4.69) is 5.16 Å². The first-order valence-corrected chi connectivity index (χ1v) is 7.37. The van der Waals surface area contributed by atoms with Crippen LogP contribution < -0.4 is 4.72 Å². The number of benzene rings is 1. The summed E-state index contributed by atoms with van der Waals surface area (Å²) in [6.07, 6.45) is 0. The zero-order valence-electron chi connectivity index (χ0n) is 10.8. The average molecular weight is 314 g/mol. The zero-order valence-corrected chi connectivity index (χ0v) is 11.6. The lowest BCUT2D eigenvalue weighted by Gasteiger charge is -2.08.